The molecule has 0 aromatic heterocycles. The van der Waals surface area contributed by atoms with Gasteiger partial charge in [-0.3, -0.25) is 19.8 Å². The molecule has 2 heterocycles. The molecule has 0 aliphatic carbocycles. The summed E-state index contributed by atoms with van der Waals surface area (Å²) in [5.41, 5.74) is 0.507. The number of piperidine rings is 1. The molecule has 2 aliphatic rings. The van der Waals surface area contributed by atoms with E-state index in [0.717, 1.165) is 6.42 Å². The van der Waals surface area contributed by atoms with E-state index in [2.05, 4.69) is 16.0 Å². The number of carbonyl (C=O) groups excluding carboxylic acids is 3. The highest BCUT2D eigenvalue weighted by Gasteiger charge is 2.26. The average molecular weight is 463 g/mol. The zero-order chi connectivity index (χ0) is 23.6. The number of hydrogen-bond donors (Lipinski definition) is 3. The highest BCUT2D eigenvalue weighted by atomic mass is 16.6. The first-order valence-electron chi connectivity index (χ1n) is 11.5. The van der Waals surface area contributed by atoms with E-state index >= 15 is 0 Å². The van der Waals surface area contributed by atoms with Gasteiger partial charge in [-0.1, -0.05) is 0 Å². The molecule has 1 aromatic carbocycles. The SMILES string of the molecule is CC(C)OCCCNC(=O)C1CCN(CC(=O)NC(=O)Nc2ccc3c(c2)OCCO3)CC1. The molecule has 3 rings (SSSR count). The van der Waals surface area contributed by atoms with Crippen molar-refractivity contribution < 1.29 is 28.6 Å². The average Bonchev–Trinajstić information content (AvgIpc) is 2.78. The molecule has 0 atom stereocenters. The van der Waals surface area contributed by atoms with E-state index in [1.54, 1.807) is 18.2 Å². The molecule has 10 nitrogen and oxygen atoms in total. The Labute approximate surface area is 194 Å². The molecular weight excluding hydrogens is 428 g/mol. The van der Waals surface area contributed by atoms with Crippen molar-refractivity contribution in [3.8, 4) is 11.5 Å². The van der Waals surface area contributed by atoms with Crippen LogP contribution in [0.25, 0.3) is 0 Å². The Morgan fingerprint density at radius 2 is 1.85 bits per heavy atom. The van der Waals surface area contributed by atoms with E-state index in [1.807, 2.05) is 18.7 Å². The molecule has 0 spiro atoms. The van der Waals surface area contributed by atoms with Crippen molar-refractivity contribution in [2.75, 3.05) is 51.3 Å². The van der Waals surface area contributed by atoms with Gasteiger partial charge in [0.25, 0.3) is 0 Å². The molecular formula is C23H34N4O6. The third-order valence-corrected chi connectivity index (χ3v) is 5.45. The van der Waals surface area contributed by atoms with Crippen LogP contribution in [0.3, 0.4) is 0 Å². The number of rotatable bonds is 9. The second kappa shape index (κ2) is 12.4. The molecule has 182 valence electrons. The zero-order valence-electron chi connectivity index (χ0n) is 19.4. The summed E-state index contributed by atoms with van der Waals surface area (Å²) in [5, 5.41) is 7.94. The van der Waals surface area contributed by atoms with Crippen molar-refractivity contribution in [2.24, 2.45) is 5.92 Å². The van der Waals surface area contributed by atoms with Gasteiger partial charge >= 0.3 is 6.03 Å². The molecule has 1 aromatic rings. The Morgan fingerprint density at radius 1 is 1.12 bits per heavy atom. The molecule has 0 bridgehead atoms. The number of fused-ring (bicyclic) bond motifs is 1. The van der Waals surface area contributed by atoms with Crippen LogP contribution in [0.5, 0.6) is 11.5 Å². The Hall–Kier alpha value is -2.85. The summed E-state index contributed by atoms with van der Waals surface area (Å²) >= 11 is 0. The number of benzene rings is 1. The van der Waals surface area contributed by atoms with Gasteiger partial charge in [0.2, 0.25) is 11.8 Å². The fourth-order valence-electron chi connectivity index (χ4n) is 3.75. The summed E-state index contributed by atoms with van der Waals surface area (Å²) in [6, 6.07) is 4.45. The Balaban J connectivity index is 1.32. The number of hydrogen-bond acceptors (Lipinski definition) is 7. The summed E-state index contributed by atoms with van der Waals surface area (Å²) in [6.07, 6.45) is 2.36. The minimum absolute atomic E-state index is 0.0474. The lowest BCUT2D eigenvalue weighted by atomic mass is 9.96. The van der Waals surface area contributed by atoms with Gasteiger partial charge in [-0.05, 0) is 58.3 Å². The summed E-state index contributed by atoms with van der Waals surface area (Å²) in [5.74, 6) is 0.802. The maximum atomic E-state index is 12.3. The van der Waals surface area contributed by atoms with Gasteiger partial charge in [0.15, 0.2) is 11.5 Å². The van der Waals surface area contributed by atoms with Gasteiger partial charge in [-0.25, -0.2) is 4.79 Å². The first kappa shape index (κ1) is 24.8. The lowest BCUT2D eigenvalue weighted by Gasteiger charge is -2.30. The molecule has 0 unspecified atom stereocenters. The number of likely N-dealkylation sites (tertiary alicyclic amines) is 1. The van der Waals surface area contributed by atoms with E-state index in [-0.39, 0.29) is 24.5 Å². The highest BCUT2D eigenvalue weighted by Crippen LogP contribution is 2.32. The Kier molecular flexibility index (Phi) is 9.32. The van der Waals surface area contributed by atoms with E-state index in [1.165, 1.54) is 0 Å². The lowest BCUT2D eigenvalue weighted by molar-refractivity contribution is -0.126. The topological polar surface area (TPSA) is 118 Å². The maximum Gasteiger partial charge on any atom is 0.325 e. The fraction of sp³-hybridized carbons (Fsp3) is 0.609. The number of anilines is 1. The molecule has 3 N–H and O–H groups in total. The van der Waals surface area contributed by atoms with Gasteiger partial charge in [0, 0.05) is 30.8 Å². The minimum atomic E-state index is -0.604. The van der Waals surface area contributed by atoms with E-state index in [0.29, 0.717) is 69.5 Å². The van der Waals surface area contributed by atoms with Crippen molar-refractivity contribution in [3.63, 3.8) is 0 Å². The second-order valence-electron chi connectivity index (χ2n) is 8.48. The molecule has 4 amide bonds. The first-order chi connectivity index (χ1) is 15.9. The molecule has 33 heavy (non-hydrogen) atoms. The number of imide groups is 1. The number of nitrogens with zero attached hydrogens (tertiary/aromatic N) is 1. The van der Waals surface area contributed by atoms with Crippen LogP contribution in [-0.4, -0.2) is 74.8 Å². The molecule has 0 saturated carbocycles. The lowest BCUT2D eigenvalue weighted by Crippen LogP contribution is -2.46. The molecule has 1 fully saturated rings. The van der Waals surface area contributed by atoms with Crippen LogP contribution >= 0.6 is 0 Å². The number of carbonyl (C=O) groups is 3. The van der Waals surface area contributed by atoms with E-state index in [4.69, 9.17) is 14.2 Å². The molecule has 1 saturated heterocycles. The van der Waals surface area contributed by atoms with Crippen LogP contribution in [0.4, 0.5) is 10.5 Å². The number of ether oxygens (including phenoxy) is 3. The van der Waals surface area contributed by atoms with Crippen LogP contribution in [0.1, 0.15) is 33.1 Å². The highest BCUT2D eigenvalue weighted by molar-refractivity contribution is 6.01. The number of nitrogens with one attached hydrogen (secondary N) is 3. The predicted octanol–water partition coefficient (Wildman–Crippen LogP) is 1.75. The monoisotopic (exact) mass is 462 g/mol. The van der Waals surface area contributed by atoms with Crippen molar-refractivity contribution in [1.29, 1.82) is 0 Å². The number of urea groups is 1. The summed E-state index contributed by atoms with van der Waals surface area (Å²) in [7, 11) is 0. The largest absolute Gasteiger partial charge is 0.486 e. The van der Waals surface area contributed by atoms with Gasteiger partial charge in [0.1, 0.15) is 13.2 Å². The molecule has 0 radical (unpaired) electrons. The third kappa shape index (κ3) is 8.21. The quantitative estimate of drug-likeness (QED) is 0.479. The molecule has 2 aliphatic heterocycles. The second-order valence-corrected chi connectivity index (χ2v) is 8.48. The standard InChI is InChI=1S/C23H34N4O6/c1-16(2)31-11-3-8-24-22(29)17-6-9-27(10-7-17)15-21(28)26-23(30)25-18-4-5-19-20(14-18)33-13-12-32-19/h4-5,14,16-17H,3,6-13,15H2,1-2H3,(H,24,29)(H2,25,26,28,30). The van der Waals surface area contributed by atoms with Crippen molar-refractivity contribution in [2.45, 2.75) is 39.2 Å². The zero-order valence-corrected chi connectivity index (χ0v) is 19.4. The van der Waals surface area contributed by atoms with Crippen molar-refractivity contribution in [3.05, 3.63) is 18.2 Å². The van der Waals surface area contributed by atoms with Crippen LogP contribution in [0, 0.1) is 5.92 Å². The number of amides is 4. The first-order valence-corrected chi connectivity index (χ1v) is 11.5. The van der Waals surface area contributed by atoms with Crippen LogP contribution in [0.15, 0.2) is 18.2 Å². The normalized spacial score (nSPS) is 16.3. The van der Waals surface area contributed by atoms with Crippen molar-refractivity contribution in [1.82, 2.24) is 15.5 Å². The van der Waals surface area contributed by atoms with Crippen molar-refractivity contribution >= 4 is 23.5 Å². The van der Waals surface area contributed by atoms with Crippen LogP contribution in [0.2, 0.25) is 0 Å². The maximum absolute atomic E-state index is 12.3. The van der Waals surface area contributed by atoms with Crippen LogP contribution in [-0.2, 0) is 14.3 Å². The minimum Gasteiger partial charge on any atom is -0.486 e. The van der Waals surface area contributed by atoms with E-state index in [9.17, 15) is 14.4 Å². The Bertz CT molecular complexity index is 823. The molecule has 10 heteroatoms. The summed E-state index contributed by atoms with van der Waals surface area (Å²) in [4.78, 5) is 38.7. The van der Waals surface area contributed by atoms with Gasteiger partial charge in [-0.2, -0.15) is 0 Å². The van der Waals surface area contributed by atoms with E-state index < -0.39 is 11.9 Å². The van der Waals surface area contributed by atoms with Gasteiger partial charge in [0.05, 0.1) is 12.6 Å². The van der Waals surface area contributed by atoms with Gasteiger partial charge in [-0.15, -0.1) is 0 Å². The summed E-state index contributed by atoms with van der Waals surface area (Å²) in [6.45, 7) is 7.52. The Morgan fingerprint density at radius 3 is 2.58 bits per heavy atom. The third-order valence-electron chi connectivity index (χ3n) is 5.45. The smallest absolute Gasteiger partial charge is 0.325 e. The van der Waals surface area contributed by atoms with Gasteiger partial charge < -0.3 is 24.8 Å². The predicted molar refractivity (Wildman–Crippen MR) is 122 cm³/mol. The summed E-state index contributed by atoms with van der Waals surface area (Å²) < 4.78 is 16.4. The van der Waals surface area contributed by atoms with Crippen LogP contribution < -0.4 is 25.4 Å². The fourth-order valence-corrected chi connectivity index (χ4v) is 3.75.